The van der Waals surface area contributed by atoms with Crippen LogP contribution in [0.2, 0.25) is 10.0 Å². The summed E-state index contributed by atoms with van der Waals surface area (Å²) in [5.41, 5.74) is -3.64. The molecule has 3 aromatic rings. The quantitative estimate of drug-likeness (QED) is 0.284. The Labute approximate surface area is 204 Å². The first-order valence-corrected chi connectivity index (χ1v) is 11.5. The fourth-order valence-electron chi connectivity index (χ4n) is 4.34. The second-order valence-corrected chi connectivity index (χ2v) is 8.84. The Morgan fingerprint density at radius 3 is 1.09 bits per heavy atom. The second-order valence-electron chi connectivity index (χ2n) is 7.97. The molecular formula is C26H22Cl2F6. The van der Waals surface area contributed by atoms with Crippen LogP contribution in [-0.2, 0) is 25.2 Å². The fraction of sp³-hybridized carbons (Fsp3) is 0.308. The number of rotatable bonds is 6. The summed E-state index contributed by atoms with van der Waals surface area (Å²) in [6.07, 6.45) is -9.50. The van der Waals surface area contributed by atoms with Crippen LogP contribution >= 0.6 is 23.2 Å². The molecule has 182 valence electrons. The molecule has 0 atom stereocenters. The highest BCUT2D eigenvalue weighted by Crippen LogP contribution is 2.52. The van der Waals surface area contributed by atoms with Gasteiger partial charge in [-0.15, -0.1) is 0 Å². The molecular weight excluding hydrogens is 497 g/mol. The van der Waals surface area contributed by atoms with Crippen LogP contribution in [0.5, 0.6) is 0 Å². The molecule has 0 N–H and O–H groups in total. The van der Waals surface area contributed by atoms with Gasteiger partial charge in [0.2, 0.25) is 0 Å². The topological polar surface area (TPSA) is 0 Å². The molecule has 0 nitrogen and oxygen atoms in total. The van der Waals surface area contributed by atoms with Crippen molar-refractivity contribution in [3.05, 3.63) is 80.8 Å². The summed E-state index contributed by atoms with van der Waals surface area (Å²) in [5.74, 6) is 0. The van der Waals surface area contributed by atoms with E-state index >= 15 is 0 Å². The Balaban J connectivity index is 2.68. The van der Waals surface area contributed by atoms with Gasteiger partial charge in [0.25, 0.3) is 0 Å². The number of benzene rings is 3. The smallest absolute Gasteiger partial charge is 0.166 e. The van der Waals surface area contributed by atoms with E-state index in [-0.39, 0.29) is 58.0 Å². The van der Waals surface area contributed by atoms with Gasteiger partial charge in [0.15, 0.2) is 0 Å². The molecule has 3 aromatic carbocycles. The van der Waals surface area contributed by atoms with Gasteiger partial charge in [0, 0.05) is 21.2 Å². The lowest BCUT2D eigenvalue weighted by Crippen LogP contribution is -2.21. The lowest BCUT2D eigenvalue weighted by molar-refractivity contribution is -0.141. The van der Waals surface area contributed by atoms with Crippen LogP contribution in [0.4, 0.5) is 26.3 Å². The van der Waals surface area contributed by atoms with Crippen molar-refractivity contribution in [3.63, 3.8) is 0 Å². The zero-order chi connectivity index (χ0) is 25.3. The molecule has 34 heavy (non-hydrogen) atoms. The van der Waals surface area contributed by atoms with Gasteiger partial charge in [0.1, 0.15) is 0 Å². The van der Waals surface area contributed by atoms with E-state index in [0.717, 1.165) is 0 Å². The minimum atomic E-state index is -4.88. The Morgan fingerprint density at radius 2 is 0.853 bits per heavy atom. The molecule has 0 aliphatic rings. The molecule has 0 fully saturated rings. The summed E-state index contributed by atoms with van der Waals surface area (Å²) in [6.45, 7) is 3.30. The summed E-state index contributed by atoms with van der Waals surface area (Å²) >= 11 is 11.9. The maximum absolute atomic E-state index is 14.7. The van der Waals surface area contributed by atoms with E-state index < -0.39 is 34.6 Å². The van der Waals surface area contributed by atoms with E-state index in [0.29, 0.717) is 0 Å². The van der Waals surface area contributed by atoms with Gasteiger partial charge >= 0.3 is 12.4 Å². The molecule has 0 aliphatic heterocycles. The fourth-order valence-corrected chi connectivity index (χ4v) is 4.59. The van der Waals surface area contributed by atoms with Crippen LogP contribution in [0.3, 0.4) is 0 Å². The summed E-state index contributed by atoms with van der Waals surface area (Å²) in [6, 6.07) is 10.8. The van der Waals surface area contributed by atoms with E-state index in [1.807, 2.05) is 0 Å². The van der Waals surface area contributed by atoms with Crippen LogP contribution < -0.4 is 0 Å². The minimum Gasteiger partial charge on any atom is -0.166 e. The van der Waals surface area contributed by atoms with Crippen molar-refractivity contribution in [1.29, 1.82) is 0 Å². The van der Waals surface area contributed by atoms with E-state index in [1.165, 1.54) is 48.5 Å². The Bertz CT molecular complexity index is 1050. The number of halogens is 8. The van der Waals surface area contributed by atoms with Crippen molar-refractivity contribution in [2.45, 2.75) is 51.9 Å². The maximum atomic E-state index is 14.7. The van der Waals surface area contributed by atoms with Gasteiger partial charge in [-0.05, 0) is 59.4 Å². The highest BCUT2D eigenvalue weighted by molar-refractivity contribution is 6.31. The van der Waals surface area contributed by atoms with Gasteiger partial charge in [-0.1, -0.05) is 74.2 Å². The van der Waals surface area contributed by atoms with E-state index in [4.69, 9.17) is 23.2 Å². The Kier molecular flexibility index (Phi) is 7.93. The van der Waals surface area contributed by atoms with Crippen LogP contribution in [0, 0.1) is 0 Å². The van der Waals surface area contributed by atoms with Crippen LogP contribution in [0.1, 0.15) is 48.9 Å². The van der Waals surface area contributed by atoms with Gasteiger partial charge in [-0.3, -0.25) is 0 Å². The molecule has 0 heterocycles. The maximum Gasteiger partial charge on any atom is 0.417 e. The van der Waals surface area contributed by atoms with Gasteiger partial charge < -0.3 is 0 Å². The first kappa shape index (κ1) is 26.4. The number of hydrogen-bond donors (Lipinski definition) is 0. The third kappa shape index (κ3) is 5.38. The molecule has 0 unspecified atom stereocenters. The summed E-state index contributed by atoms with van der Waals surface area (Å²) < 4.78 is 88.1. The zero-order valence-corrected chi connectivity index (χ0v) is 20.0. The first-order valence-electron chi connectivity index (χ1n) is 10.8. The second kappa shape index (κ2) is 10.2. The monoisotopic (exact) mass is 518 g/mol. The molecule has 0 bridgehead atoms. The van der Waals surface area contributed by atoms with Crippen molar-refractivity contribution < 1.29 is 26.3 Å². The minimum absolute atomic E-state index is 0.00702. The molecule has 0 saturated heterocycles. The van der Waals surface area contributed by atoms with E-state index in [9.17, 15) is 26.3 Å². The standard InChI is InChI=1S/C26H22Cl2F6/c1-3-5-19-20(6-4-2)24(26(32,33)34)22(16-9-13-18(28)14-10-16)21(23(19)25(29,30)31)15-7-11-17(27)12-8-15/h7-14H,3-6H2,1-2H3. The normalized spacial score (nSPS) is 12.3. The molecule has 0 amide bonds. The highest BCUT2D eigenvalue weighted by atomic mass is 35.5. The Hall–Kier alpha value is -2.18. The predicted molar refractivity (Wildman–Crippen MR) is 125 cm³/mol. The first-order chi connectivity index (χ1) is 15.9. The van der Waals surface area contributed by atoms with Crippen molar-refractivity contribution >= 4 is 23.2 Å². The third-order valence-electron chi connectivity index (χ3n) is 5.55. The molecule has 3 rings (SSSR count). The average Bonchev–Trinajstić information content (AvgIpc) is 2.74. The molecule has 0 radical (unpaired) electrons. The average molecular weight is 519 g/mol. The number of alkyl halides is 6. The molecule has 0 aromatic heterocycles. The molecule has 8 heteroatoms. The summed E-state index contributed by atoms with van der Waals surface area (Å²) in [7, 11) is 0. The summed E-state index contributed by atoms with van der Waals surface area (Å²) in [5, 5.41) is 0.524. The number of hydrogen-bond acceptors (Lipinski definition) is 0. The summed E-state index contributed by atoms with van der Waals surface area (Å²) in [4.78, 5) is 0. The van der Waals surface area contributed by atoms with Crippen LogP contribution in [-0.4, -0.2) is 0 Å². The molecule has 0 aliphatic carbocycles. The van der Waals surface area contributed by atoms with E-state index in [1.54, 1.807) is 13.8 Å². The van der Waals surface area contributed by atoms with E-state index in [2.05, 4.69) is 0 Å². The van der Waals surface area contributed by atoms with Crippen LogP contribution in [0.15, 0.2) is 48.5 Å². The SMILES string of the molecule is CCCc1c(CCC)c(C(F)(F)F)c(-c2ccc(Cl)cc2)c(-c2ccc(Cl)cc2)c1C(F)(F)F. The van der Waals surface area contributed by atoms with Gasteiger partial charge in [0.05, 0.1) is 11.1 Å². The van der Waals surface area contributed by atoms with Crippen molar-refractivity contribution in [2.24, 2.45) is 0 Å². The lowest BCUT2D eigenvalue weighted by atomic mass is 9.78. The third-order valence-corrected chi connectivity index (χ3v) is 6.05. The largest absolute Gasteiger partial charge is 0.417 e. The van der Waals surface area contributed by atoms with Crippen molar-refractivity contribution in [3.8, 4) is 22.3 Å². The van der Waals surface area contributed by atoms with Gasteiger partial charge in [-0.2, -0.15) is 26.3 Å². The zero-order valence-electron chi connectivity index (χ0n) is 18.5. The highest BCUT2D eigenvalue weighted by Gasteiger charge is 2.45. The van der Waals surface area contributed by atoms with Gasteiger partial charge in [-0.25, -0.2) is 0 Å². The molecule has 0 saturated carbocycles. The van der Waals surface area contributed by atoms with Crippen molar-refractivity contribution in [2.75, 3.05) is 0 Å². The van der Waals surface area contributed by atoms with Crippen LogP contribution in [0.25, 0.3) is 22.3 Å². The van der Waals surface area contributed by atoms with Crippen molar-refractivity contribution in [1.82, 2.24) is 0 Å². The Morgan fingerprint density at radius 1 is 0.559 bits per heavy atom. The predicted octanol–water partition coefficient (Wildman–Crippen LogP) is 10.3. The molecule has 0 spiro atoms. The lowest BCUT2D eigenvalue weighted by Gasteiger charge is -2.29.